The Morgan fingerprint density at radius 1 is 1.37 bits per heavy atom. The van der Waals surface area contributed by atoms with Gasteiger partial charge in [-0.25, -0.2) is 0 Å². The van der Waals surface area contributed by atoms with Gasteiger partial charge >= 0.3 is 5.97 Å². The van der Waals surface area contributed by atoms with E-state index in [1.165, 1.54) is 4.90 Å². The second kappa shape index (κ2) is 5.79. The molecule has 1 aliphatic rings. The number of carboxylic acids is 1. The van der Waals surface area contributed by atoms with Crippen LogP contribution in [0.5, 0.6) is 0 Å². The quantitative estimate of drug-likeness (QED) is 0.790. The van der Waals surface area contributed by atoms with Crippen LogP contribution in [0.15, 0.2) is 30.3 Å². The summed E-state index contributed by atoms with van der Waals surface area (Å²) < 4.78 is 0. The first-order valence-corrected chi connectivity index (χ1v) is 6.36. The fourth-order valence-corrected chi connectivity index (χ4v) is 2.25. The largest absolute Gasteiger partial charge is 0.481 e. The highest BCUT2D eigenvalue weighted by atomic mass is 32.1. The van der Waals surface area contributed by atoms with E-state index in [-0.39, 0.29) is 18.7 Å². The van der Waals surface area contributed by atoms with Gasteiger partial charge in [0.15, 0.2) is 5.11 Å². The molecule has 5 nitrogen and oxygen atoms in total. The summed E-state index contributed by atoms with van der Waals surface area (Å²) in [5.74, 6) is -1.07. The van der Waals surface area contributed by atoms with Gasteiger partial charge in [0.25, 0.3) is 5.91 Å². The zero-order valence-corrected chi connectivity index (χ0v) is 11.0. The molecule has 0 aliphatic carbocycles. The average Bonchev–Trinajstić information content (AvgIpc) is 2.65. The van der Waals surface area contributed by atoms with E-state index in [0.29, 0.717) is 11.7 Å². The molecule has 0 radical (unpaired) electrons. The van der Waals surface area contributed by atoms with Gasteiger partial charge in [0.1, 0.15) is 6.04 Å². The molecule has 1 fully saturated rings. The van der Waals surface area contributed by atoms with Crippen molar-refractivity contribution in [2.75, 3.05) is 0 Å². The Morgan fingerprint density at radius 2 is 2.05 bits per heavy atom. The minimum Gasteiger partial charge on any atom is -0.481 e. The van der Waals surface area contributed by atoms with Crippen LogP contribution in [0.2, 0.25) is 0 Å². The highest BCUT2D eigenvalue weighted by Gasteiger charge is 2.35. The Balaban J connectivity index is 2.00. The molecule has 1 unspecified atom stereocenters. The molecule has 1 heterocycles. The molecule has 0 saturated carbocycles. The molecule has 0 aromatic heterocycles. The normalized spacial score (nSPS) is 18.5. The van der Waals surface area contributed by atoms with Crippen LogP contribution in [0, 0.1) is 0 Å². The third kappa shape index (κ3) is 3.29. The molecule has 0 spiro atoms. The lowest BCUT2D eigenvalue weighted by Gasteiger charge is -2.14. The number of carboxylic acid groups (broad SMARTS) is 1. The standard InChI is InChI=1S/C13H14N2O3S/c16-11(17)7-6-10-12(18)15(13(19)14-10)8-9-4-2-1-3-5-9/h1-5,10H,6-8H2,(H,14,19)(H,16,17). The molecular weight excluding hydrogens is 264 g/mol. The summed E-state index contributed by atoms with van der Waals surface area (Å²) in [6.07, 6.45) is 0.199. The first-order valence-electron chi connectivity index (χ1n) is 5.95. The summed E-state index contributed by atoms with van der Waals surface area (Å²) in [4.78, 5) is 24.1. The first-order chi connectivity index (χ1) is 9.08. The molecule has 0 bridgehead atoms. The number of carbonyl (C=O) groups excluding carboxylic acids is 1. The van der Waals surface area contributed by atoms with Crippen LogP contribution in [0.3, 0.4) is 0 Å². The van der Waals surface area contributed by atoms with E-state index in [2.05, 4.69) is 5.32 Å². The molecule has 100 valence electrons. The zero-order chi connectivity index (χ0) is 13.8. The number of benzene rings is 1. The zero-order valence-electron chi connectivity index (χ0n) is 10.2. The Hall–Kier alpha value is -1.95. The van der Waals surface area contributed by atoms with Gasteiger partial charge in [-0.1, -0.05) is 30.3 Å². The van der Waals surface area contributed by atoms with Crippen molar-refractivity contribution in [2.45, 2.75) is 25.4 Å². The van der Waals surface area contributed by atoms with Gasteiger partial charge in [0.05, 0.1) is 6.54 Å². The summed E-state index contributed by atoms with van der Waals surface area (Å²) in [6, 6.07) is 9.01. The van der Waals surface area contributed by atoms with E-state index < -0.39 is 12.0 Å². The molecule has 1 aromatic rings. The summed E-state index contributed by atoms with van der Waals surface area (Å²) in [5.41, 5.74) is 0.985. The SMILES string of the molecule is O=C(O)CCC1NC(=S)N(Cc2ccccc2)C1=O. The second-order valence-electron chi connectivity index (χ2n) is 4.34. The van der Waals surface area contributed by atoms with Crippen molar-refractivity contribution in [1.29, 1.82) is 0 Å². The average molecular weight is 278 g/mol. The van der Waals surface area contributed by atoms with Crippen LogP contribution >= 0.6 is 12.2 Å². The number of nitrogens with one attached hydrogen (secondary N) is 1. The molecule has 1 amide bonds. The molecular formula is C13H14N2O3S. The van der Waals surface area contributed by atoms with Crippen molar-refractivity contribution in [1.82, 2.24) is 10.2 Å². The Labute approximate surface area is 116 Å². The molecule has 1 saturated heterocycles. The predicted octanol–water partition coefficient (Wildman–Crippen LogP) is 1.14. The van der Waals surface area contributed by atoms with Crippen molar-refractivity contribution in [3.05, 3.63) is 35.9 Å². The van der Waals surface area contributed by atoms with E-state index in [9.17, 15) is 9.59 Å². The van der Waals surface area contributed by atoms with E-state index in [1.807, 2.05) is 30.3 Å². The minimum atomic E-state index is -0.915. The van der Waals surface area contributed by atoms with Crippen molar-refractivity contribution < 1.29 is 14.7 Å². The highest BCUT2D eigenvalue weighted by Crippen LogP contribution is 2.15. The molecule has 1 atom stereocenters. The summed E-state index contributed by atoms with van der Waals surface area (Å²) in [5, 5.41) is 11.9. The topological polar surface area (TPSA) is 69.6 Å². The maximum absolute atomic E-state index is 12.1. The Bertz CT molecular complexity index is 504. The van der Waals surface area contributed by atoms with E-state index in [0.717, 1.165) is 5.56 Å². The van der Waals surface area contributed by atoms with Crippen molar-refractivity contribution in [3.8, 4) is 0 Å². The predicted molar refractivity (Wildman–Crippen MR) is 73.4 cm³/mol. The maximum Gasteiger partial charge on any atom is 0.303 e. The third-order valence-electron chi connectivity index (χ3n) is 2.94. The monoisotopic (exact) mass is 278 g/mol. The van der Waals surface area contributed by atoms with Crippen LogP contribution in [0.25, 0.3) is 0 Å². The van der Waals surface area contributed by atoms with Crippen LogP contribution in [-0.4, -0.2) is 33.0 Å². The van der Waals surface area contributed by atoms with Gasteiger partial charge in [0.2, 0.25) is 0 Å². The third-order valence-corrected chi connectivity index (χ3v) is 3.28. The number of nitrogens with zero attached hydrogens (tertiary/aromatic N) is 1. The summed E-state index contributed by atoms with van der Waals surface area (Å²) in [7, 11) is 0. The molecule has 1 aromatic carbocycles. The van der Waals surface area contributed by atoms with Gasteiger partial charge in [-0.05, 0) is 24.2 Å². The second-order valence-corrected chi connectivity index (χ2v) is 4.73. The lowest BCUT2D eigenvalue weighted by Crippen LogP contribution is -2.31. The van der Waals surface area contributed by atoms with Crippen LogP contribution in [-0.2, 0) is 16.1 Å². The molecule has 1 aliphatic heterocycles. The van der Waals surface area contributed by atoms with Crippen molar-refractivity contribution in [2.24, 2.45) is 0 Å². The van der Waals surface area contributed by atoms with Gasteiger partial charge in [-0.3, -0.25) is 14.5 Å². The number of amides is 1. The summed E-state index contributed by atoms with van der Waals surface area (Å²) >= 11 is 5.12. The minimum absolute atomic E-state index is 0.0504. The fourth-order valence-electron chi connectivity index (χ4n) is 1.96. The van der Waals surface area contributed by atoms with Crippen molar-refractivity contribution in [3.63, 3.8) is 0 Å². The number of aliphatic carboxylic acids is 1. The number of hydrogen-bond donors (Lipinski definition) is 2. The smallest absolute Gasteiger partial charge is 0.303 e. The molecule has 2 N–H and O–H groups in total. The fraction of sp³-hybridized carbons (Fsp3) is 0.308. The van der Waals surface area contributed by atoms with E-state index in [1.54, 1.807) is 0 Å². The molecule has 6 heteroatoms. The lowest BCUT2D eigenvalue weighted by atomic mass is 10.1. The number of rotatable bonds is 5. The van der Waals surface area contributed by atoms with Crippen LogP contribution < -0.4 is 5.32 Å². The number of carbonyl (C=O) groups is 2. The Kier molecular flexibility index (Phi) is 4.11. The maximum atomic E-state index is 12.1. The number of thiocarbonyl (C=S) groups is 1. The van der Waals surface area contributed by atoms with Gasteiger partial charge < -0.3 is 10.4 Å². The van der Waals surface area contributed by atoms with Gasteiger partial charge in [0, 0.05) is 6.42 Å². The van der Waals surface area contributed by atoms with Gasteiger partial charge in [-0.15, -0.1) is 0 Å². The van der Waals surface area contributed by atoms with E-state index in [4.69, 9.17) is 17.3 Å². The van der Waals surface area contributed by atoms with Crippen LogP contribution in [0.1, 0.15) is 18.4 Å². The molecule has 19 heavy (non-hydrogen) atoms. The lowest BCUT2D eigenvalue weighted by molar-refractivity contribution is -0.137. The van der Waals surface area contributed by atoms with E-state index >= 15 is 0 Å². The molecule has 2 rings (SSSR count). The highest BCUT2D eigenvalue weighted by molar-refractivity contribution is 7.80. The Morgan fingerprint density at radius 3 is 2.68 bits per heavy atom. The first kappa shape index (κ1) is 13.5. The van der Waals surface area contributed by atoms with Crippen LogP contribution in [0.4, 0.5) is 0 Å². The number of hydrogen-bond acceptors (Lipinski definition) is 3. The summed E-state index contributed by atoms with van der Waals surface area (Å²) in [6.45, 7) is 0.412. The van der Waals surface area contributed by atoms with Gasteiger partial charge in [-0.2, -0.15) is 0 Å². The van der Waals surface area contributed by atoms with Crippen molar-refractivity contribution >= 4 is 29.2 Å².